The van der Waals surface area contributed by atoms with Crippen LogP contribution in [0.5, 0.6) is 0 Å². The summed E-state index contributed by atoms with van der Waals surface area (Å²) in [4.78, 5) is 0. The molecule has 1 unspecified atom stereocenters. The molecule has 2 rings (SSSR count). The molecule has 0 spiro atoms. The average molecular weight is 268 g/mol. The zero-order valence-electron chi connectivity index (χ0n) is 9.75. The third-order valence-electron chi connectivity index (χ3n) is 2.72. The van der Waals surface area contributed by atoms with Crippen LogP contribution in [0, 0.1) is 11.6 Å². The van der Waals surface area contributed by atoms with Gasteiger partial charge in [0.25, 0.3) is 0 Å². The Hall–Kier alpha value is -1.45. The van der Waals surface area contributed by atoms with Crippen LogP contribution < -0.4 is 5.32 Å². The smallest absolute Gasteiger partial charge is 0.126 e. The highest BCUT2D eigenvalue weighted by molar-refractivity contribution is 6.31. The van der Waals surface area contributed by atoms with E-state index in [1.807, 2.05) is 18.2 Å². The van der Waals surface area contributed by atoms with E-state index in [1.165, 1.54) is 12.1 Å². The lowest BCUT2D eigenvalue weighted by molar-refractivity contribution is 0.571. The minimum absolute atomic E-state index is 0.344. The Morgan fingerprint density at radius 2 is 1.67 bits per heavy atom. The van der Waals surface area contributed by atoms with Crippen LogP contribution in [0.1, 0.15) is 17.2 Å². The zero-order valence-corrected chi connectivity index (χ0v) is 10.5. The Kier molecular flexibility index (Phi) is 3.94. The molecule has 0 amide bonds. The second-order valence-corrected chi connectivity index (χ2v) is 4.35. The first kappa shape index (κ1) is 13.0. The topological polar surface area (TPSA) is 12.0 Å². The molecular formula is C14H12ClF2N. The fourth-order valence-electron chi connectivity index (χ4n) is 1.95. The van der Waals surface area contributed by atoms with Crippen molar-refractivity contribution in [1.29, 1.82) is 0 Å². The first-order valence-corrected chi connectivity index (χ1v) is 5.87. The molecule has 18 heavy (non-hydrogen) atoms. The van der Waals surface area contributed by atoms with Gasteiger partial charge in [-0.3, -0.25) is 0 Å². The van der Waals surface area contributed by atoms with E-state index >= 15 is 0 Å². The highest BCUT2D eigenvalue weighted by Gasteiger charge is 2.16. The van der Waals surface area contributed by atoms with Crippen molar-refractivity contribution in [3.63, 3.8) is 0 Å². The molecule has 0 aromatic heterocycles. The van der Waals surface area contributed by atoms with Gasteiger partial charge in [0.05, 0.1) is 6.04 Å². The van der Waals surface area contributed by atoms with E-state index in [4.69, 9.17) is 11.6 Å². The van der Waals surface area contributed by atoms with Crippen LogP contribution in [-0.4, -0.2) is 7.05 Å². The van der Waals surface area contributed by atoms with E-state index in [0.717, 1.165) is 11.6 Å². The van der Waals surface area contributed by atoms with Crippen LogP contribution in [0.4, 0.5) is 8.78 Å². The van der Waals surface area contributed by atoms with Crippen LogP contribution in [0.3, 0.4) is 0 Å². The molecule has 0 aliphatic heterocycles. The molecule has 0 aliphatic rings. The summed E-state index contributed by atoms with van der Waals surface area (Å²) in [5.74, 6) is -1.20. The molecule has 0 bridgehead atoms. The van der Waals surface area contributed by atoms with Crippen LogP contribution >= 0.6 is 11.6 Å². The zero-order chi connectivity index (χ0) is 13.1. The molecule has 1 N–H and O–H groups in total. The van der Waals surface area contributed by atoms with Gasteiger partial charge in [-0.05, 0) is 36.4 Å². The molecule has 1 nitrogen and oxygen atoms in total. The maximum Gasteiger partial charge on any atom is 0.126 e. The summed E-state index contributed by atoms with van der Waals surface area (Å²) in [6.07, 6.45) is 0. The second kappa shape index (κ2) is 5.46. The maximum atomic E-state index is 13.2. The second-order valence-electron chi connectivity index (χ2n) is 3.95. The molecule has 4 heteroatoms. The third-order valence-corrected chi connectivity index (χ3v) is 3.07. The number of nitrogens with one attached hydrogen (secondary N) is 1. The Morgan fingerprint density at radius 1 is 1.06 bits per heavy atom. The molecule has 1 atom stereocenters. The predicted molar refractivity (Wildman–Crippen MR) is 68.7 cm³/mol. The maximum absolute atomic E-state index is 13.2. The largest absolute Gasteiger partial charge is 0.309 e. The van der Waals surface area contributed by atoms with Crippen molar-refractivity contribution in [2.24, 2.45) is 0 Å². The lowest BCUT2D eigenvalue weighted by Crippen LogP contribution is -2.18. The summed E-state index contributed by atoms with van der Waals surface area (Å²) in [7, 11) is 1.72. The van der Waals surface area contributed by atoms with Gasteiger partial charge >= 0.3 is 0 Å². The van der Waals surface area contributed by atoms with E-state index < -0.39 is 11.6 Å². The van der Waals surface area contributed by atoms with E-state index in [1.54, 1.807) is 13.1 Å². The molecular weight excluding hydrogens is 256 g/mol. The monoisotopic (exact) mass is 267 g/mol. The van der Waals surface area contributed by atoms with Crippen LogP contribution in [-0.2, 0) is 0 Å². The average Bonchev–Trinajstić information content (AvgIpc) is 2.31. The van der Waals surface area contributed by atoms with Crippen molar-refractivity contribution < 1.29 is 8.78 Å². The molecule has 0 radical (unpaired) electrons. The number of hydrogen-bond donors (Lipinski definition) is 1. The summed E-state index contributed by atoms with van der Waals surface area (Å²) in [6, 6.07) is 10.3. The molecule has 0 aliphatic carbocycles. The Bertz CT molecular complexity index is 537. The molecule has 0 saturated heterocycles. The van der Waals surface area contributed by atoms with Gasteiger partial charge in [-0.1, -0.05) is 29.8 Å². The minimum Gasteiger partial charge on any atom is -0.309 e. The van der Waals surface area contributed by atoms with Gasteiger partial charge in [0, 0.05) is 11.1 Å². The fourth-order valence-corrected chi connectivity index (χ4v) is 2.20. The van der Waals surface area contributed by atoms with Crippen LogP contribution in [0.25, 0.3) is 0 Å². The van der Waals surface area contributed by atoms with Crippen molar-refractivity contribution in [3.8, 4) is 0 Å². The molecule has 2 aromatic carbocycles. The summed E-state index contributed by atoms with van der Waals surface area (Å²) < 4.78 is 26.5. The van der Waals surface area contributed by atoms with Gasteiger partial charge in [0.15, 0.2) is 0 Å². The van der Waals surface area contributed by atoms with Crippen molar-refractivity contribution >= 4 is 11.6 Å². The van der Waals surface area contributed by atoms with Gasteiger partial charge in [0.2, 0.25) is 0 Å². The van der Waals surface area contributed by atoms with Gasteiger partial charge in [0.1, 0.15) is 11.6 Å². The highest BCUT2D eigenvalue weighted by atomic mass is 35.5. The predicted octanol–water partition coefficient (Wildman–Crippen LogP) is 3.93. The molecule has 2 aromatic rings. The number of halogens is 3. The standard InChI is InChI=1S/C14H12ClF2N/c1-18-14(12-4-2-3-5-13(12)15)9-6-10(16)8-11(17)7-9/h2-8,14,18H,1H3. The van der Waals surface area contributed by atoms with Gasteiger partial charge in [-0.2, -0.15) is 0 Å². The first-order valence-electron chi connectivity index (χ1n) is 5.49. The SMILES string of the molecule is CNC(c1cc(F)cc(F)c1)c1ccccc1Cl. The number of hydrogen-bond acceptors (Lipinski definition) is 1. The Morgan fingerprint density at radius 3 is 2.22 bits per heavy atom. The summed E-state index contributed by atoms with van der Waals surface area (Å²) in [5.41, 5.74) is 1.29. The van der Waals surface area contributed by atoms with Crippen LogP contribution in [0.2, 0.25) is 5.02 Å². The Labute approximate surface area is 109 Å². The lowest BCUT2D eigenvalue weighted by Gasteiger charge is -2.18. The van der Waals surface area contributed by atoms with E-state index in [-0.39, 0.29) is 6.04 Å². The van der Waals surface area contributed by atoms with Gasteiger partial charge in [-0.25, -0.2) is 8.78 Å². The molecule has 94 valence electrons. The van der Waals surface area contributed by atoms with Gasteiger partial charge < -0.3 is 5.32 Å². The fraction of sp³-hybridized carbons (Fsp3) is 0.143. The molecule has 0 saturated carbocycles. The van der Waals surface area contributed by atoms with Crippen LogP contribution in [0.15, 0.2) is 42.5 Å². The molecule has 0 fully saturated rings. The van der Waals surface area contributed by atoms with Crippen molar-refractivity contribution in [3.05, 3.63) is 70.2 Å². The normalized spacial score (nSPS) is 12.4. The van der Waals surface area contributed by atoms with Crippen molar-refractivity contribution in [2.75, 3.05) is 7.05 Å². The van der Waals surface area contributed by atoms with E-state index in [2.05, 4.69) is 5.32 Å². The first-order chi connectivity index (χ1) is 8.61. The van der Waals surface area contributed by atoms with Crippen molar-refractivity contribution in [2.45, 2.75) is 6.04 Å². The number of rotatable bonds is 3. The van der Waals surface area contributed by atoms with Gasteiger partial charge in [-0.15, -0.1) is 0 Å². The summed E-state index contributed by atoms with van der Waals surface area (Å²) in [6.45, 7) is 0. The minimum atomic E-state index is -0.600. The van der Waals surface area contributed by atoms with E-state index in [9.17, 15) is 8.78 Å². The third kappa shape index (κ3) is 2.68. The lowest BCUT2D eigenvalue weighted by atomic mass is 9.98. The Balaban J connectivity index is 2.48. The molecule has 0 heterocycles. The quantitative estimate of drug-likeness (QED) is 0.889. The highest BCUT2D eigenvalue weighted by Crippen LogP contribution is 2.28. The summed E-state index contributed by atoms with van der Waals surface area (Å²) in [5, 5.41) is 3.57. The van der Waals surface area contributed by atoms with E-state index in [0.29, 0.717) is 10.6 Å². The van der Waals surface area contributed by atoms with Crippen molar-refractivity contribution in [1.82, 2.24) is 5.32 Å². The summed E-state index contributed by atoms with van der Waals surface area (Å²) >= 11 is 6.10. The number of benzene rings is 2.